The summed E-state index contributed by atoms with van der Waals surface area (Å²) in [7, 11) is 0. The lowest BCUT2D eigenvalue weighted by molar-refractivity contribution is -0.229. The number of ether oxygens (including phenoxy) is 1. The van der Waals surface area contributed by atoms with Crippen LogP contribution >= 0.6 is 0 Å². The number of rotatable bonds is 2. The van der Waals surface area contributed by atoms with E-state index in [4.69, 9.17) is 10.5 Å². The van der Waals surface area contributed by atoms with Gasteiger partial charge in [0.15, 0.2) is 0 Å². The molecule has 0 aromatic heterocycles. The van der Waals surface area contributed by atoms with Gasteiger partial charge in [0.2, 0.25) is 0 Å². The Labute approximate surface area is 104 Å². The van der Waals surface area contributed by atoms with Crippen LogP contribution in [0.15, 0.2) is 0 Å². The normalized spacial score (nSPS) is 27.1. The molecule has 3 N–H and O–H groups in total. The summed E-state index contributed by atoms with van der Waals surface area (Å²) in [5.74, 6) is -1.01. The molecular weight excluding hydrogens is 249 g/mol. The van der Waals surface area contributed by atoms with Crippen molar-refractivity contribution in [3.8, 4) is 0 Å². The number of nitrogens with one attached hydrogen (secondary N) is 1. The molecule has 1 rings (SSSR count). The van der Waals surface area contributed by atoms with Crippen molar-refractivity contribution in [1.82, 2.24) is 5.32 Å². The maximum absolute atomic E-state index is 13.1. The van der Waals surface area contributed by atoms with E-state index in [2.05, 4.69) is 5.32 Å². The summed E-state index contributed by atoms with van der Waals surface area (Å²) in [5.41, 5.74) is 2.44. The molecule has 0 saturated carbocycles. The molecule has 1 aliphatic rings. The zero-order valence-corrected chi connectivity index (χ0v) is 10.7. The Morgan fingerprint density at radius 3 is 2.28 bits per heavy atom. The van der Waals surface area contributed by atoms with E-state index in [9.17, 15) is 18.0 Å². The van der Waals surface area contributed by atoms with Crippen molar-refractivity contribution in [1.29, 1.82) is 0 Å². The molecule has 1 aliphatic heterocycles. The summed E-state index contributed by atoms with van der Waals surface area (Å²) >= 11 is 0. The van der Waals surface area contributed by atoms with Crippen molar-refractivity contribution in [2.45, 2.75) is 45.0 Å². The molecule has 18 heavy (non-hydrogen) atoms. The lowest BCUT2D eigenvalue weighted by Crippen LogP contribution is -2.58. The van der Waals surface area contributed by atoms with Crippen LogP contribution in [0.25, 0.3) is 0 Å². The van der Waals surface area contributed by atoms with Gasteiger partial charge >= 0.3 is 12.1 Å². The highest BCUT2D eigenvalue weighted by Gasteiger charge is 2.62. The van der Waals surface area contributed by atoms with Crippen molar-refractivity contribution >= 4 is 5.97 Å². The number of carbonyl (C=O) groups is 1. The Bertz CT molecular complexity index is 317. The van der Waals surface area contributed by atoms with Gasteiger partial charge < -0.3 is 15.8 Å². The first-order chi connectivity index (χ1) is 8.00. The molecule has 106 valence electrons. The van der Waals surface area contributed by atoms with Crippen LogP contribution in [0.5, 0.6) is 0 Å². The zero-order valence-electron chi connectivity index (χ0n) is 10.7. The lowest BCUT2D eigenvalue weighted by Gasteiger charge is -2.36. The van der Waals surface area contributed by atoms with E-state index < -0.39 is 29.2 Å². The van der Waals surface area contributed by atoms with Crippen LogP contribution in [0.3, 0.4) is 0 Å². The molecule has 1 fully saturated rings. The number of alkyl halides is 3. The van der Waals surface area contributed by atoms with Crippen LogP contribution in [0, 0.1) is 5.41 Å². The number of hydrogen-bond acceptors (Lipinski definition) is 4. The third-order valence-electron chi connectivity index (χ3n) is 3.01. The monoisotopic (exact) mass is 268 g/mol. The van der Waals surface area contributed by atoms with Crippen LogP contribution in [0.4, 0.5) is 13.2 Å². The third-order valence-corrected chi connectivity index (χ3v) is 3.01. The maximum Gasteiger partial charge on any atom is 0.397 e. The average Bonchev–Trinajstić information content (AvgIpc) is 2.62. The Morgan fingerprint density at radius 2 is 1.94 bits per heavy atom. The Hall–Kier alpha value is -0.820. The van der Waals surface area contributed by atoms with Gasteiger partial charge in [-0.05, 0) is 33.7 Å². The summed E-state index contributed by atoms with van der Waals surface area (Å²) in [6.07, 6.45) is -4.75. The van der Waals surface area contributed by atoms with Gasteiger partial charge in [-0.25, -0.2) is 0 Å². The number of nitrogens with two attached hydrogens (primary N) is 1. The van der Waals surface area contributed by atoms with Crippen molar-refractivity contribution in [2.75, 3.05) is 13.1 Å². The average molecular weight is 268 g/mol. The van der Waals surface area contributed by atoms with E-state index in [-0.39, 0.29) is 19.5 Å². The fourth-order valence-corrected chi connectivity index (χ4v) is 1.99. The zero-order chi connectivity index (χ0) is 14.2. The highest BCUT2D eigenvalue weighted by molar-refractivity contribution is 5.77. The summed E-state index contributed by atoms with van der Waals surface area (Å²) < 4.78 is 44.3. The first kappa shape index (κ1) is 15.2. The van der Waals surface area contributed by atoms with Gasteiger partial charge in [0.05, 0.1) is 0 Å². The first-order valence-electron chi connectivity index (χ1n) is 5.75. The SMILES string of the molecule is CC(C)(C)OC(=O)C(N)C1(C(F)(F)F)CCNC1. The minimum atomic E-state index is -4.53. The van der Waals surface area contributed by atoms with Gasteiger partial charge in [-0.15, -0.1) is 0 Å². The van der Waals surface area contributed by atoms with Gasteiger partial charge in [0, 0.05) is 6.54 Å². The van der Waals surface area contributed by atoms with Crippen molar-refractivity contribution in [2.24, 2.45) is 11.1 Å². The molecule has 1 heterocycles. The third kappa shape index (κ3) is 2.95. The fourth-order valence-electron chi connectivity index (χ4n) is 1.99. The standard InChI is InChI=1S/C11H19F3N2O2/c1-9(2,3)18-8(17)7(15)10(11(12,13)14)4-5-16-6-10/h7,16H,4-6,15H2,1-3H3. The number of carbonyl (C=O) groups excluding carboxylic acids is 1. The number of hydrogen-bond donors (Lipinski definition) is 2. The molecule has 1 saturated heterocycles. The predicted octanol–water partition coefficient (Wildman–Crippen LogP) is 1.20. The smallest absolute Gasteiger partial charge is 0.397 e. The highest BCUT2D eigenvalue weighted by Crippen LogP contribution is 2.45. The molecule has 0 amide bonds. The lowest BCUT2D eigenvalue weighted by atomic mass is 9.79. The fraction of sp³-hybridized carbons (Fsp3) is 0.909. The Kier molecular flexibility index (Phi) is 3.97. The second-order valence-corrected chi connectivity index (χ2v) is 5.59. The quantitative estimate of drug-likeness (QED) is 0.739. The molecular formula is C11H19F3N2O2. The predicted molar refractivity (Wildman–Crippen MR) is 59.8 cm³/mol. The number of esters is 1. The highest BCUT2D eigenvalue weighted by atomic mass is 19.4. The van der Waals surface area contributed by atoms with Crippen LogP contribution < -0.4 is 11.1 Å². The molecule has 7 heteroatoms. The minimum absolute atomic E-state index is 0.190. The molecule has 0 aromatic rings. The van der Waals surface area contributed by atoms with Crippen molar-refractivity contribution < 1.29 is 22.7 Å². The summed E-state index contributed by atoms with van der Waals surface area (Å²) in [5, 5.41) is 2.61. The molecule has 4 nitrogen and oxygen atoms in total. The molecule has 0 bridgehead atoms. The summed E-state index contributed by atoms with van der Waals surface area (Å²) in [6.45, 7) is 4.60. The van der Waals surface area contributed by atoms with Crippen LogP contribution in [-0.4, -0.2) is 36.9 Å². The Morgan fingerprint density at radius 1 is 1.39 bits per heavy atom. The van der Waals surface area contributed by atoms with E-state index in [0.29, 0.717) is 0 Å². The van der Waals surface area contributed by atoms with Gasteiger partial charge in [0.1, 0.15) is 17.1 Å². The van der Waals surface area contributed by atoms with Crippen molar-refractivity contribution in [3.63, 3.8) is 0 Å². The maximum atomic E-state index is 13.1. The topological polar surface area (TPSA) is 64.3 Å². The molecule has 0 radical (unpaired) electrons. The molecule has 0 aromatic carbocycles. The second-order valence-electron chi connectivity index (χ2n) is 5.59. The minimum Gasteiger partial charge on any atom is -0.459 e. The van der Waals surface area contributed by atoms with Gasteiger partial charge in [-0.3, -0.25) is 4.79 Å². The van der Waals surface area contributed by atoms with Gasteiger partial charge in [-0.1, -0.05) is 0 Å². The number of halogens is 3. The van der Waals surface area contributed by atoms with Crippen LogP contribution in [0.2, 0.25) is 0 Å². The van der Waals surface area contributed by atoms with E-state index in [1.165, 1.54) is 0 Å². The summed E-state index contributed by atoms with van der Waals surface area (Å²) in [4.78, 5) is 11.7. The molecule has 2 atom stereocenters. The molecule has 0 spiro atoms. The van der Waals surface area contributed by atoms with E-state index in [1.54, 1.807) is 20.8 Å². The largest absolute Gasteiger partial charge is 0.459 e. The van der Waals surface area contributed by atoms with E-state index >= 15 is 0 Å². The van der Waals surface area contributed by atoms with E-state index in [1.807, 2.05) is 0 Å². The van der Waals surface area contributed by atoms with Crippen LogP contribution in [0.1, 0.15) is 27.2 Å². The van der Waals surface area contributed by atoms with Crippen molar-refractivity contribution in [3.05, 3.63) is 0 Å². The van der Waals surface area contributed by atoms with E-state index in [0.717, 1.165) is 0 Å². The van der Waals surface area contributed by atoms with Gasteiger partial charge in [-0.2, -0.15) is 13.2 Å². The first-order valence-corrected chi connectivity index (χ1v) is 5.75. The molecule has 0 aliphatic carbocycles. The van der Waals surface area contributed by atoms with Crippen LogP contribution in [-0.2, 0) is 9.53 Å². The second kappa shape index (κ2) is 4.70. The molecule has 2 unspecified atom stereocenters. The summed E-state index contributed by atoms with van der Waals surface area (Å²) in [6, 6.07) is -1.70. The Balaban J connectivity index is 2.91. The van der Waals surface area contributed by atoms with Gasteiger partial charge in [0.25, 0.3) is 0 Å².